The van der Waals surface area contributed by atoms with E-state index in [9.17, 15) is 14.0 Å². The van der Waals surface area contributed by atoms with Crippen molar-refractivity contribution in [3.05, 3.63) is 71.5 Å². The van der Waals surface area contributed by atoms with Gasteiger partial charge in [-0.25, -0.2) is 4.39 Å². The normalized spacial score (nSPS) is 13.0. The van der Waals surface area contributed by atoms with E-state index in [0.717, 1.165) is 11.1 Å². The Bertz CT molecular complexity index is 701. The molecule has 0 bridgehead atoms. The highest BCUT2D eigenvalue weighted by Crippen LogP contribution is 2.19. The minimum atomic E-state index is -0.539. The first-order chi connectivity index (χ1) is 12.0. The Morgan fingerprint density at radius 3 is 2.28 bits per heavy atom. The van der Waals surface area contributed by atoms with Crippen LogP contribution in [0.3, 0.4) is 0 Å². The zero-order chi connectivity index (χ0) is 18.2. The average Bonchev–Trinajstić information content (AvgIpc) is 2.61. The lowest BCUT2D eigenvalue weighted by Crippen LogP contribution is -2.39. The molecule has 2 aromatic rings. The van der Waals surface area contributed by atoms with Gasteiger partial charge < -0.3 is 11.1 Å². The second-order valence-corrected chi connectivity index (χ2v) is 6.05. The Morgan fingerprint density at radius 1 is 1.08 bits per heavy atom. The Morgan fingerprint density at radius 2 is 1.72 bits per heavy atom. The predicted octanol–water partition coefficient (Wildman–Crippen LogP) is 2.78. The van der Waals surface area contributed by atoms with Crippen LogP contribution in [0.2, 0.25) is 0 Å². The number of hydrogen-bond acceptors (Lipinski definition) is 2. The molecule has 0 spiro atoms. The maximum absolute atomic E-state index is 13.0. The molecule has 132 valence electrons. The molecule has 2 aromatic carbocycles. The van der Waals surface area contributed by atoms with E-state index in [0.29, 0.717) is 12.8 Å². The Labute approximate surface area is 147 Å². The van der Waals surface area contributed by atoms with Gasteiger partial charge in [0.2, 0.25) is 11.8 Å². The van der Waals surface area contributed by atoms with Crippen LogP contribution in [-0.2, 0) is 16.0 Å². The van der Waals surface area contributed by atoms with Gasteiger partial charge in [0.05, 0.1) is 11.8 Å². The molecule has 2 atom stereocenters. The van der Waals surface area contributed by atoms with Crippen LogP contribution in [0.4, 0.5) is 4.39 Å². The van der Waals surface area contributed by atoms with Crippen molar-refractivity contribution in [2.75, 3.05) is 6.54 Å². The van der Waals surface area contributed by atoms with Crippen LogP contribution >= 0.6 is 0 Å². The number of halogens is 1. The Kier molecular flexibility index (Phi) is 6.69. The highest BCUT2D eigenvalue weighted by atomic mass is 19.1. The number of carbonyl (C=O) groups is 2. The van der Waals surface area contributed by atoms with Gasteiger partial charge in [0.25, 0.3) is 0 Å². The maximum Gasteiger partial charge on any atom is 0.227 e. The molecule has 2 amide bonds. The molecule has 0 saturated carbocycles. The molecule has 4 nitrogen and oxygen atoms in total. The molecule has 2 rings (SSSR count). The summed E-state index contributed by atoms with van der Waals surface area (Å²) in [4.78, 5) is 24.2. The fourth-order valence-electron chi connectivity index (χ4n) is 2.78. The minimum Gasteiger partial charge on any atom is -0.369 e. The molecule has 0 radical (unpaired) electrons. The van der Waals surface area contributed by atoms with Crippen molar-refractivity contribution >= 4 is 11.8 Å². The van der Waals surface area contributed by atoms with E-state index in [1.165, 1.54) is 12.1 Å². The molecule has 3 N–H and O–H groups in total. The number of amides is 2. The van der Waals surface area contributed by atoms with Gasteiger partial charge in [-0.15, -0.1) is 0 Å². The topological polar surface area (TPSA) is 72.2 Å². The maximum atomic E-state index is 13.0. The summed E-state index contributed by atoms with van der Waals surface area (Å²) in [5.41, 5.74) is 7.20. The van der Waals surface area contributed by atoms with E-state index in [1.807, 2.05) is 37.3 Å². The number of primary amides is 1. The molecule has 5 heteroatoms. The lowest BCUT2D eigenvalue weighted by Gasteiger charge is -2.19. The third-order valence-electron chi connectivity index (χ3n) is 4.25. The fourth-order valence-corrected chi connectivity index (χ4v) is 2.78. The van der Waals surface area contributed by atoms with Gasteiger partial charge in [0, 0.05) is 6.54 Å². The molecule has 0 fully saturated rings. The van der Waals surface area contributed by atoms with E-state index in [-0.39, 0.29) is 24.2 Å². The first-order valence-corrected chi connectivity index (χ1v) is 8.37. The molecule has 0 unspecified atom stereocenters. The summed E-state index contributed by atoms with van der Waals surface area (Å²) in [5.74, 6) is -1.75. The van der Waals surface area contributed by atoms with E-state index in [1.54, 1.807) is 12.1 Å². The molecule has 0 aliphatic rings. The quantitative estimate of drug-likeness (QED) is 0.774. The number of rotatable bonds is 8. The summed E-state index contributed by atoms with van der Waals surface area (Å²) >= 11 is 0. The van der Waals surface area contributed by atoms with Crippen molar-refractivity contribution < 1.29 is 14.0 Å². The number of nitrogens with one attached hydrogen (secondary N) is 1. The molecular weight excluding hydrogens is 319 g/mol. The molecule has 0 saturated heterocycles. The molecule has 0 heterocycles. The second kappa shape index (κ2) is 8.97. The van der Waals surface area contributed by atoms with E-state index in [2.05, 4.69) is 5.32 Å². The van der Waals surface area contributed by atoms with Crippen LogP contribution in [0.1, 0.15) is 30.4 Å². The van der Waals surface area contributed by atoms with Crippen LogP contribution in [0, 0.1) is 11.7 Å². The second-order valence-electron chi connectivity index (χ2n) is 6.05. The van der Waals surface area contributed by atoms with Gasteiger partial charge in [-0.05, 0) is 36.1 Å². The molecular formula is C20H23FN2O2. The van der Waals surface area contributed by atoms with Gasteiger partial charge in [-0.1, -0.05) is 49.4 Å². The number of hydrogen-bond donors (Lipinski definition) is 2. The smallest absolute Gasteiger partial charge is 0.227 e. The Balaban J connectivity index is 1.98. The van der Waals surface area contributed by atoms with E-state index >= 15 is 0 Å². The van der Waals surface area contributed by atoms with E-state index in [4.69, 9.17) is 5.73 Å². The largest absolute Gasteiger partial charge is 0.369 e. The standard InChI is InChI=1S/C20H23FN2O2/c1-2-18(15-6-4-3-5-7-15)20(25)23-13-16(19(22)24)12-14-8-10-17(21)11-9-14/h3-11,16,18H,2,12-13H2,1H3,(H2,22,24)(H,23,25)/t16-,18-/m1/s1. The van der Waals surface area contributed by atoms with Gasteiger partial charge in [0.15, 0.2) is 0 Å². The van der Waals surface area contributed by atoms with Crippen molar-refractivity contribution in [2.45, 2.75) is 25.7 Å². The van der Waals surface area contributed by atoms with Crippen LogP contribution in [0.25, 0.3) is 0 Å². The van der Waals surface area contributed by atoms with Gasteiger partial charge in [-0.3, -0.25) is 9.59 Å². The van der Waals surface area contributed by atoms with Gasteiger partial charge in [0.1, 0.15) is 5.82 Å². The van der Waals surface area contributed by atoms with Gasteiger partial charge >= 0.3 is 0 Å². The van der Waals surface area contributed by atoms with Crippen molar-refractivity contribution in [1.82, 2.24) is 5.32 Å². The average molecular weight is 342 g/mol. The third kappa shape index (κ3) is 5.41. The molecule has 0 aromatic heterocycles. The highest BCUT2D eigenvalue weighted by molar-refractivity contribution is 5.84. The Hall–Kier alpha value is -2.69. The summed E-state index contributed by atoms with van der Waals surface area (Å²) in [6.07, 6.45) is 1.02. The first kappa shape index (κ1) is 18.6. The summed E-state index contributed by atoms with van der Waals surface area (Å²) < 4.78 is 13.0. The van der Waals surface area contributed by atoms with Crippen LogP contribution in [0.15, 0.2) is 54.6 Å². The number of carbonyl (C=O) groups excluding carboxylic acids is 2. The van der Waals surface area contributed by atoms with Gasteiger partial charge in [-0.2, -0.15) is 0 Å². The molecule has 0 aliphatic carbocycles. The van der Waals surface area contributed by atoms with Crippen LogP contribution < -0.4 is 11.1 Å². The summed E-state index contributed by atoms with van der Waals surface area (Å²) in [6, 6.07) is 15.4. The lowest BCUT2D eigenvalue weighted by molar-refractivity contribution is -0.124. The lowest BCUT2D eigenvalue weighted by atomic mass is 9.94. The molecule has 0 aliphatic heterocycles. The number of benzene rings is 2. The van der Waals surface area contributed by atoms with Crippen LogP contribution in [0.5, 0.6) is 0 Å². The number of nitrogens with two attached hydrogens (primary N) is 1. The molecule has 25 heavy (non-hydrogen) atoms. The van der Waals surface area contributed by atoms with Crippen molar-refractivity contribution in [3.8, 4) is 0 Å². The fraction of sp³-hybridized carbons (Fsp3) is 0.300. The third-order valence-corrected chi connectivity index (χ3v) is 4.25. The predicted molar refractivity (Wildman–Crippen MR) is 95.3 cm³/mol. The summed E-state index contributed by atoms with van der Waals surface area (Å²) in [6.45, 7) is 2.11. The summed E-state index contributed by atoms with van der Waals surface area (Å²) in [7, 11) is 0. The van der Waals surface area contributed by atoms with Crippen molar-refractivity contribution in [2.24, 2.45) is 11.7 Å². The summed E-state index contributed by atoms with van der Waals surface area (Å²) in [5, 5.41) is 2.83. The SMILES string of the molecule is CC[C@@H](C(=O)NC[C@@H](Cc1ccc(F)cc1)C(N)=O)c1ccccc1. The zero-order valence-electron chi connectivity index (χ0n) is 14.2. The first-order valence-electron chi connectivity index (χ1n) is 8.37. The zero-order valence-corrected chi connectivity index (χ0v) is 14.2. The highest BCUT2D eigenvalue weighted by Gasteiger charge is 2.22. The van der Waals surface area contributed by atoms with E-state index < -0.39 is 11.8 Å². The van der Waals surface area contributed by atoms with Crippen molar-refractivity contribution in [3.63, 3.8) is 0 Å². The van der Waals surface area contributed by atoms with Crippen LogP contribution in [-0.4, -0.2) is 18.4 Å². The minimum absolute atomic E-state index is 0.126. The van der Waals surface area contributed by atoms with Crippen molar-refractivity contribution in [1.29, 1.82) is 0 Å². The monoisotopic (exact) mass is 342 g/mol.